The first-order chi connectivity index (χ1) is 20.7. The number of aromatic amines is 1. The fraction of sp³-hybridized carbons (Fsp3) is 0.147. The molecule has 0 saturated carbocycles. The van der Waals surface area contributed by atoms with E-state index < -0.39 is 0 Å². The van der Waals surface area contributed by atoms with Crippen molar-refractivity contribution in [1.82, 2.24) is 25.2 Å². The maximum absolute atomic E-state index is 12.7. The van der Waals surface area contributed by atoms with E-state index in [1.807, 2.05) is 66.7 Å². The lowest BCUT2D eigenvalue weighted by Crippen LogP contribution is -2.26. The third-order valence-corrected chi connectivity index (χ3v) is 6.96. The number of hydrogen-bond donors (Lipinski definition) is 2. The summed E-state index contributed by atoms with van der Waals surface area (Å²) in [4.78, 5) is 27.1. The number of carbonyl (C=O) groups excluding carboxylic acids is 1. The first-order valence-corrected chi connectivity index (χ1v) is 13.9. The molecule has 0 unspecified atom stereocenters. The van der Waals surface area contributed by atoms with Gasteiger partial charge in [0.1, 0.15) is 17.8 Å². The predicted octanol–water partition coefficient (Wildman–Crippen LogP) is 6.52. The number of ether oxygens (including phenoxy) is 1. The zero-order chi connectivity index (χ0) is 28.6. The maximum Gasteiger partial charge on any atom is 0.273 e. The van der Waals surface area contributed by atoms with Crippen molar-refractivity contribution in [2.75, 3.05) is 6.54 Å². The highest BCUT2D eigenvalue weighted by molar-refractivity contribution is 5.91. The van der Waals surface area contributed by atoms with Crippen molar-refractivity contribution in [3.8, 4) is 11.5 Å². The van der Waals surface area contributed by atoms with E-state index in [2.05, 4.69) is 61.7 Å². The first kappa shape index (κ1) is 27.0. The van der Waals surface area contributed by atoms with Gasteiger partial charge in [-0.15, -0.1) is 0 Å². The van der Waals surface area contributed by atoms with Crippen molar-refractivity contribution in [2.24, 2.45) is 0 Å². The zero-order valence-electron chi connectivity index (χ0n) is 23.1. The Morgan fingerprint density at radius 2 is 1.74 bits per heavy atom. The molecule has 42 heavy (non-hydrogen) atoms. The van der Waals surface area contributed by atoms with E-state index in [1.165, 1.54) is 17.2 Å². The number of oxazole rings is 1. The number of aromatic nitrogens is 3. The molecule has 0 atom stereocenters. The summed E-state index contributed by atoms with van der Waals surface area (Å²) >= 11 is 0. The summed E-state index contributed by atoms with van der Waals surface area (Å²) in [5, 5.41) is 4.07. The largest absolute Gasteiger partial charge is 0.457 e. The molecule has 0 fully saturated rings. The molecule has 0 spiro atoms. The molecule has 210 valence electrons. The van der Waals surface area contributed by atoms with Crippen LogP contribution in [0.2, 0.25) is 0 Å². The summed E-state index contributed by atoms with van der Waals surface area (Å²) < 4.78 is 11.8. The Labute approximate surface area is 244 Å². The number of amides is 1. The van der Waals surface area contributed by atoms with Gasteiger partial charge in [-0.25, -0.2) is 4.98 Å². The predicted molar refractivity (Wildman–Crippen MR) is 161 cm³/mol. The third-order valence-electron chi connectivity index (χ3n) is 6.96. The van der Waals surface area contributed by atoms with Crippen molar-refractivity contribution < 1.29 is 13.9 Å². The highest BCUT2D eigenvalue weighted by Gasteiger charge is 2.17. The Kier molecular flexibility index (Phi) is 8.33. The molecular formula is C34H31N5O3. The molecule has 0 aliphatic heterocycles. The molecule has 8 heteroatoms. The molecule has 6 rings (SSSR count). The van der Waals surface area contributed by atoms with Gasteiger partial charge in [-0.05, 0) is 60.0 Å². The monoisotopic (exact) mass is 557 g/mol. The van der Waals surface area contributed by atoms with Crippen LogP contribution in [0.25, 0.3) is 10.9 Å². The molecule has 0 aliphatic carbocycles. The van der Waals surface area contributed by atoms with Gasteiger partial charge in [0, 0.05) is 36.4 Å². The minimum Gasteiger partial charge on any atom is -0.457 e. The molecule has 8 nitrogen and oxygen atoms in total. The second-order valence-corrected chi connectivity index (χ2v) is 10.0. The number of hydrogen-bond acceptors (Lipinski definition) is 6. The van der Waals surface area contributed by atoms with Crippen LogP contribution in [0.1, 0.15) is 33.2 Å². The highest BCUT2D eigenvalue weighted by atomic mass is 16.5. The summed E-state index contributed by atoms with van der Waals surface area (Å²) in [7, 11) is 0. The van der Waals surface area contributed by atoms with Crippen LogP contribution in [0, 0.1) is 0 Å². The van der Waals surface area contributed by atoms with E-state index >= 15 is 0 Å². The van der Waals surface area contributed by atoms with Crippen LogP contribution in [-0.2, 0) is 26.1 Å². The van der Waals surface area contributed by atoms with Crippen molar-refractivity contribution in [2.45, 2.75) is 26.1 Å². The van der Waals surface area contributed by atoms with Crippen molar-refractivity contribution in [3.63, 3.8) is 0 Å². The smallest absolute Gasteiger partial charge is 0.273 e. The van der Waals surface area contributed by atoms with Crippen LogP contribution in [0.5, 0.6) is 11.5 Å². The number of nitrogens with zero attached hydrogens (tertiary/aromatic N) is 3. The summed E-state index contributed by atoms with van der Waals surface area (Å²) in [5.74, 6) is 1.75. The standard InChI is InChI=1S/C34H31N5O3/c40-34(37-21-27-10-6-7-17-35-27)32-24-41-33(38-32)23-39(18-16-26-20-36-31-15-5-4-14-30(26)31)22-25-9-8-13-29(19-25)42-28-11-2-1-3-12-28/h1-15,17,19-20,24,36H,16,18,21-23H2,(H,37,40). The molecule has 0 saturated heterocycles. The van der Waals surface area contributed by atoms with Crippen LogP contribution in [0.3, 0.4) is 0 Å². The van der Waals surface area contributed by atoms with E-state index in [-0.39, 0.29) is 11.6 Å². The van der Waals surface area contributed by atoms with Gasteiger partial charge in [-0.2, -0.15) is 0 Å². The van der Waals surface area contributed by atoms with Crippen molar-refractivity contribution in [3.05, 3.63) is 144 Å². The molecule has 6 aromatic rings. The number of fused-ring (bicyclic) bond motifs is 1. The van der Waals surface area contributed by atoms with Crippen LogP contribution in [0.4, 0.5) is 0 Å². The quantitative estimate of drug-likeness (QED) is 0.178. The lowest BCUT2D eigenvalue weighted by atomic mass is 10.1. The lowest BCUT2D eigenvalue weighted by molar-refractivity contribution is 0.0945. The van der Waals surface area contributed by atoms with E-state index in [1.54, 1.807) is 6.20 Å². The molecule has 1 amide bonds. The third kappa shape index (κ3) is 6.92. The Balaban J connectivity index is 1.16. The number of benzene rings is 3. The normalized spacial score (nSPS) is 11.2. The van der Waals surface area contributed by atoms with E-state index in [9.17, 15) is 4.79 Å². The number of rotatable bonds is 12. The average molecular weight is 558 g/mol. The van der Waals surface area contributed by atoms with Gasteiger partial charge in [0.25, 0.3) is 5.91 Å². The molecule has 3 aromatic carbocycles. The molecule has 0 bridgehead atoms. The average Bonchev–Trinajstić information content (AvgIpc) is 3.67. The van der Waals surface area contributed by atoms with Crippen LogP contribution >= 0.6 is 0 Å². The second-order valence-electron chi connectivity index (χ2n) is 10.0. The molecule has 3 aromatic heterocycles. The van der Waals surface area contributed by atoms with Gasteiger partial charge in [0.15, 0.2) is 5.69 Å². The Morgan fingerprint density at radius 1 is 0.905 bits per heavy atom. The summed E-state index contributed by atoms with van der Waals surface area (Å²) in [6.07, 6.45) is 6.02. The van der Waals surface area contributed by atoms with Crippen LogP contribution in [-0.4, -0.2) is 32.3 Å². The summed E-state index contributed by atoms with van der Waals surface area (Å²) in [6.45, 7) is 2.17. The molecule has 0 radical (unpaired) electrons. The van der Waals surface area contributed by atoms with E-state index in [4.69, 9.17) is 9.15 Å². The SMILES string of the molecule is O=C(NCc1ccccn1)c1coc(CN(CCc2c[nH]c3ccccc23)Cc2cccc(Oc3ccccc3)c2)n1. The number of para-hydroxylation sites is 2. The van der Waals surface area contributed by atoms with E-state index in [0.717, 1.165) is 41.2 Å². The maximum atomic E-state index is 12.7. The topological polar surface area (TPSA) is 96.3 Å². The fourth-order valence-electron chi connectivity index (χ4n) is 4.86. The molecule has 0 aliphatic rings. The van der Waals surface area contributed by atoms with Gasteiger partial charge in [0.2, 0.25) is 5.89 Å². The number of carbonyl (C=O) groups is 1. The molecule has 3 heterocycles. The number of nitrogens with one attached hydrogen (secondary N) is 2. The molecular weight excluding hydrogens is 526 g/mol. The highest BCUT2D eigenvalue weighted by Crippen LogP contribution is 2.24. The Morgan fingerprint density at radius 3 is 2.62 bits per heavy atom. The summed E-state index contributed by atoms with van der Waals surface area (Å²) in [6, 6.07) is 31.7. The van der Waals surface area contributed by atoms with Crippen LogP contribution < -0.4 is 10.1 Å². The molecule has 2 N–H and O–H groups in total. The minimum absolute atomic E-state index is 0.246. The van der Waals surface area contributed by atoms with Gasteiger partial charge in [0.05, 0.1) is 18.8 Å². The second kappa shape index (κ2) is 13.0. The first-order valence-electron chi connectivity index (χ1n) is 13.9. The summed E-state index contributed by atoms with van der Waals surface area (Å²) in [5.41, 5.74) is 4.49. The minimum atomic E-state index is -0.299. The zero-order valence-corrected chi connectivity index (χ0v) is 23.1. The number of pyridine rings is 1. The van der Waals surface area contributed by atoms with Gasteiger partial charge in [-0.1, -0.05) is 54.6 Å². The van der Waals surface area contributed by atoms with Crippen molar-refractivity contribution in [1.29, 1.82) is 0 Å². The van der Waals surface area contributed by atoms with E-state index in [0.29, 0.717) is 25.5 Å². The van der Waals surface area contributed by atoms with Gasteiger partial charge in [-0.3, -0.25) is 14.7 Å². The Hall–Kier alpha value is -5.21. The van der Waals surface area contributed by atoms with Crippen molar-refractivity contribution >= 4 is 16.8 Å². The van der Waals surface area contributed by atoms with Gasteiger partial charge >= 0.3 is 0 Å². The van der Waals surface area contributed by atoms with Crippen LogP contribution in [0.15, 0.2) is 120 Å². The number of H-pyrrole nitrogens is 1. The lowest BCUT2D eigenvalue weighted by Gasteiger charge is -2.21. The Bertz CT molecular complexity index is 1750. The fourth-order valence-corrected chi connectivity index (χ4v) is 4.86. The van der Waals surface area contributed by atoms with Gasteiger partial charge < -0.3 is 19.5 Å².